The minimum Gasteiger partial charge on any atom is -0.497 e. The number of halogens is 2. The first-order chi connectivity index (χ1) is 10.9. The van der Waals surface area contributed by atoms with Crippen molar-refractivity contribution in [2.45, 2.75) is 18.4 Å². The summed E-state index contributed by atoms with van der Waals surface area (Å²) in [6, 6.07) is 4.51. The minimum absolute atomic E-state index is 0.322. The zero-order valence-corrected chi connectivity index (χ0v) is 13.1. The molecule has 1 unspecified atom stereocenters. The number of anilines is 1. The van der Waals surface area contributed by atoms with Gasteiger partial charge in [-0.05, 0) is 0 Å². The molecule has 128 valence electrons. The molecule has 1 amide bonds. The third-order valence-corrected chi connectivity index (χ3v) is 3.53. The molecule has 2 rings (SSSR count). The predicted molar refractivity (Wildman–Crippen MR) is 82.4 cm³/mol. The van der Waals surface area contributed by atoms with Gasteiger partial charge in [-0.1, -0.05) is 0 Å². The number of nitrogens with one attached hydrogen (secondary N) is 3. The molecule has 1 aromatic rings. The van der Waals surface area contributed by atoms with E-state index in [4.69, 9.17) is 9.47 Å². The summed E-state index contributed by atoms with van der Waals surface area (Å²) in [6.45, 7) is 0.320. The number of rotatable bonds is 7. The maximum absolute atomic E-state index is 13.0. The molecule has 0 radical (unpaired) electrons. The van der Waals surface area contributed by atoms with E-state index in [1.807, 2.05) is 0 Å². The number of benzene rings is 1. The van der Waals surface area contributed by atoms with Crippen molar-refractivity contribution in [2.75, 3.05) is 39.2 Å². The van der Waals surface area contributed by atoms with E-state index in [-0.39, 0.29) is 0 Å². The zero-order valence-electron chi connectivity index (χ0n) is 13.1. The van der Waals surface area contributed by atoms with Crippen LogP contribution in [-0.2, 0) is 4.79 Å². The summed E-state index contributed by atoms with van der Waals surface area (Å²) in [6.07, 6.45) is -0.459. The number of ether oxygens (including phenoxy) is 2. The van der Waals surface area contributed by atoms with Crippen LogP contribution in [0.25, 0.3) is 0 Å². The van der Waals surface area contributed by atoms with Gasteiger partial charge in [-0.25, -0.2) is 8.78 Å². The molecule has 1 aliphatic heterocycles. The van der Waals surface area contributed by atoms with Crippen molar-refractivity contribution in [3.8, 4) is 11.5 Å². The van der Waals surface area contributed by atoms with Gasteiger partial charge in [0.2, 0.25) is 5.91 Å². The Labute approximate surface area is 133 Å². The van der Waals surface area contributed by atoms with Crippen molar-refractivity contribution in [1.29, 1.82) is 0 Å². The molecular weight excluding hydrogens is 308 g/mol. The standard InChI is InChI=1S/C15H21F2N3O3/c1-22-11-5-10(6-12(7-11)23-2)18-3-4-19-14(21)13-8-15(16,17)9-20-13/h5-7,13,18,20H,3-4,8-9H2,1-2H3,(H,19,21). The number of alkyl halides is 2. The molecule has 0 saturated carbocycles. The highest BCUT2D eigenvalue weighted by Crippen LogP contribution is 2.26. The van der Waals surface area contributed by atoms with Crippen LogP contribution in [-0.4, -0.2) is 51.7 Å². The van der Waals surface area contributed by atoms with Gasteiger partial charge in [0.1, 0.15) is 11.5 Å². The van der Waals surface area contributed by atoms with Crippen molar-refractivity contribution < 1.29 is 23.0 Å². The van der Waals surface area contributed by atoms with E-state index < -0.39 is 30.8 Å². The fraction of sp³-hybridized carbons (Fsp3) is 0.533. The molecule has 23 heavy (non-hydrogen) atoms. The molecular formula is C15H21F2N3O3. The number of hydrogen-bond donors (Lipinski definition) is 3. The monoisotopic (exact) mass is 329 g/mol. The lowest BCUT2D eigenvalue weighted by atomic mass is 10.2. The molecule has 0 spiro atoms. The summed E-state index contributed by atoms with van der Waals surface area (Å²) in [5, 5.41) is 8.26. The third-order valence-electron chi connectivity index (χ3n) is 3.53. The average molecular weight is 329 g/mol. The van der Waals surface area contributed by atoms with Crippen LogP contribution in [0.5, 0.6) is 11.5 Å². The highest BCUT2D eigenvalue weighted by atomic mass is 19.3. The quantitative estimate of drug-likeness (QED) is 0.656. The highest BCUT2D eigenvalue weighted by molar-refractivity contribution is 5.82. The summed E-state index contributed by atoms with van der Waals surface area (Å²) in [7, 11) is 3.12. The smallest absolute Gasteiger partial charge is 0.262 e. The van der Waals surface area contributed by atoms with E-state index >= 15 is 0 Å². The Morgan fingerprint density at radius 1 is 1.26 bits per heavy atom. The second-order valence-electron chi connectivity index (χ2n) is 5.31. The molecule has 1 saturated heterocycles. The SMILES string of the molecule is COc1cc(NCCNC(=O)C2CC(F)(F)CN2)cc(OC)c1. The zero-order chi connectivity index (χ0) is 16.9. The van der Waals surface area contributed by atoms with E-state index in [9.17, 15) is 13.6 Å². The largest absolute Gasteiger partial charge is 0.497 e. The Morgan fingerprint density at radius 3 is 2.43 bits per heavy atom. The van der Waals surface area contributed by atoms with Gasteiger partial charge in [-0.2, -0.15) is 0 Å². The molecule has 1 fully saturated rings. The third kappa shape index (κ3) is 4.95. The summed E-state index contributed by atoms with van der Waals surface area (Å²) >= 11 is 0. The molecule has 1 aliphatic rings. The van der Waals surface area contributed by atoms with E-state index in [0.717, 1.165) is 5.69 Å². The normalized spacial score (nSPS) is 19.2. The van der Waals surface area contributed by atoms with Gasteiger partial charge in [0.15, 0.2) is 0 Å². The van der Waals surface area contributed by atoms with E-state index in [1.54, 1.807) is 32.4 Å². The van der Waals surface area contributed by atoms with E-state index in [0.29, 0.717) is 24.6 Å². The maximum Gasteiger partial charge on any atom is 0.262 e. The Bertz CT molecular complexity index is 533. The van der Waals surface area contributed by atoms with Gasteiger partial charge in [-0.15, -0.1) is 0 Å². The lowest BCUT2D eigenvalue weighted by molar-refractivity contribution is -0.123. The van der Waals surface area contributed by atoms with Crippen LogP contribution < -0.4 is 25.4 Å². The van der Waals surface area contributed by atoms with Gasteiger partial charge in [-0.3, -0.25) is 10.1 Å². The fourth-order valence-corrected chi connectivity index (χ4v) is 2.33. The van der Waals surface area contributed by atoms with Crippen LogP contribution in [0.4, 0.5) is 14.5 Å². The molecule has 6 nitrogen and oxygen atoms in total. The number of hydrogen-bond acceptors (Lipinski definition) is 5. The first kappa shape index (κ1) is 17.3. The van der Waals surface area contributed by atoms with Crippen molar-refractivity contribution in [1.82, 2.24) is 10.6 Å². The van der Waals surface area contributed by atoms with Crippen LogP contribution in [0.1, 0.15) is 6.42 Å². The van der Waals surface area contributed by atoms with Crippen LogP contribution >= 0.6 is 0 Å². The van der Waals surface area contributed by atoms with Crippen LogP contribution in [0.2, 0.25) is 0 Å². The molecule has 1 aromatic carbocycles. The Morgan fingerprint density at radius 2 is 1.91 bits per heavy atom. The minimum atomic E-state index is -2.81. The number of carbonyl (C=O) groups excluding carboxylic acids is 1. The fourth-order valence-electron chi connectivity index (χ4n) is 2.33. The topological polar surface area (TPSA) is 71.6 Å². The van der Waals surface area contributed by atoms with Gasteiger partial charge in [0.05, 0.1) is 26.8 Å². The number of amides is 1. The maximum atomic E-state index is 13.0. The Kier molecular flexibility index (Phi) is 5.59. The van der Waals surface area contributed by atoms with E-state index in [2.05, 4.69) is 16.0 Å². The van der Waals surface area contributed by atoms with Crippen LogP contribution in [0, 0.1) is 0 Å². The molecule has 1 heterocycles. The Balaban J connectivity index is 1.76. The molecule has 1 atom stereocenters. The first-order valence-corrected chi connectivity index (χ1v) is 7.29. The summed E-state index contributed by atoms with van der Waals surface area (Å²) in [5.41, 5.74) is 0.779. The average Bonchev–Trinajstić information content (AvgIpc) is 2.91. The van der Waals surface area contributed by atoms with Crippen LogP contribution in [0.3, 0.4) is 0 Å². The molecule has 0 aromatic heterocycles. The lowest BCUT2D eigenvalue weighted by Crippen LogP contribution is -2.42. The molecule has 0 aliphatic carbocycles. The second kappa shape index (κ2) is 7.45. The van der Waals surface area contributed by atoms with Crippen molar-refractivity contribution in [2.24, 2.45) is 0 Å². The number of methoxy groups -OCH3 is 2. The van der Waals surface area contributed by atoms with Crippen molar-refractivity contribution in [3.63, 3.8) is 0 Å². The molecule has 3 N–H and O–H groups in total. The summed E-state index contributed by atoms with van der Waals surface area (Å²) < 4.78 is 36.4. The van der Waals surface area contributed by atoms with Gasteiger partial charge >= 0.3 is 0 Å². The van der Waals surface area contributed by atoms with Gasteiger partial charge < -0.3 is 20.1 Å². The van der Waals surface area contributed by atoms with Gasteiger partial charge in [0.25, 0.3) is 5.92 Å². The Hall–Kier alpha value is -2.09. The predicted octanol–water partition coefficient (Wildman–Crippen LogP) is 1.23. The molecule has 0 bridgehead atoms. The molecule has 8 heteroatoms. The number of carbonyl (C=O) groups is 1. The second-order valence-corrected chi connectivity index (χ2v) is 5.31. The highest BCUT2D eigenvalue weighted by Gasteiger charge is 2.42. The summed E-state index contributed by atoms with van der Waals surface area (Å²) in [4.78, 5) is 11.8. The first-order valence-electron chi connectivity index (χ1n) is 7.29. The van der Waals surface area contributed by atoms with Crippen molar-refractivity contribution in [3.05, 3.63) is 18.2 Å². The van der Waals surface area contributed by atoms with Crippen LogP contribution in [0.15, 0.2) is 18.2 Å². The van der Waals surface area contributed by atoms with E-state index in [1.165, 1.54) is 0 Å². The van der Waals surface area contributed by atoms with Crippen molar-refractivity contribution >= 4 is 11.6 Å². The van der Waals surface area contributed by atoms with Gasteiger partial charge in [0, 0.05) is 43.4 Å². The summed E-state index contributed by atoms with van der Waals surface area (Å²) in [5.74, 6) is -1.93. The lowest BCUT2D eigenvalue weighted by Gasteiger charge is -2.13.